The molecule has 0 fully saturated rings. The SMILES string of the molecule is Cc1ccc(C2C(C(=O)c3ccc(F)cc3)=C(O)C(=O)N2c2nnc(C)s2)cc1. The Kier molecular flexibility index (Phi) is 4.71. The molecule has 0 spiro atoms. The first kappa shape index (κ1) is 18.9. The van der Waals surface area contributed by atoms with Crippen LogP contribution in [0.2, 0.25) is 0 Å². The predicted octanol–water partition coefficient (Wildman–Crippen LogP) is 4.08. The zero-order valence-electron chi connectivity index (χ0n) is 15.6. The van der Waals surface area contributed by atoms with Crippen LogP contribution in [-0.4, -0.2) is 27.0 Å². The molecule has 1 aliphatic rings. The fourth-order valence-corrected chi connectivity index (χ4v) is 3.95. The molecule has 1 atom stereocenters. The second-order valence-corrected chi connectivity index (χ2v) is 7.85. The van der Waals surface area contributed by atoms with Gasteiger partial charge < -0.3 is 5.11 Å². The zero-order chi connectivity index (χ0) is 20.7. The Bertz CT molecular complexity index is 1140. The van der Waals surface area contributed by atoms with Crippen molar-refractivity contribution in [3.8, 4) is 0 Å². The largest absolute Gasteiger partial charge is 0.503 e. The monoisotopic (exact) mass is 409 g/mol. The van der Waals surface area contributed by atoms with E-state index >= 15 is 0 Å². The van der Waals surface area contributed by atoms with Crippen LogP contribution >= 0.6 is 11.3 Å². The Morgan fingerprint density at radius 1 is 1.07 bits per heavy atom. The summed E-state index contributed by atoms with van der Waals surface area (Å²) in [6.45, 7) is 3.67. The molecule has 1 aliphatic heterocycles. The number of aliphatic hydroxyl groups excluding tert-OH is 1. The molecule has 1 aromatic heterocycles. The van der Waals surface area contributed by atoms with E-state index in [4.69, 9.17) is 0 Å². The van der Waals surface area contributed by atoms with Crippen LogP contribution in [-0.2, 0) is 4.79 Å². The summed E-state index contributed by atoms with van der Waals surface area (Å²) in [5.41, 5.74) is 1.76. The number of aromatic nitrogens is 2. The van der Waals surface area contributed by atoms with Gasteiger partial charge in [-0.1, -0.05) is 41.2 Å². The van der Waals surface area contributed by atoms with Crippen molar-refractivity contribution < 1.29 is 19.1 Å². The molecule has 1 N–H and O–H groups in total. The first-order valence-corrected chi connectivity index (χ1v) is 9.62. The van der Waals surface area contributed by atoms with Gasteiger partial charge in [-0.05, 0) is 43.7 Å². The number of halogens is 1. The van der Waals surface area contributed by atoms with Crippen molar-refractivity contribution in [1.29, 1.82) is 0 Å². The second-order valence-electron chi connectivity index (χ2n) is 6.69. The zero-order valence-corrected chi connectivity index (χ0v) is 16.4. The summed E-state index contributed by atoms with van der Waals surface area (Å²) >= 11 is 1.19. The molecule has 8 heteroatoms. The van der Waals surface area contributed by atoms with Gasteiger partial charge in [0.15, 0.2) is 11.5 Å². The number of nitrogens with zero attached hydrogens (tertiary/aromatic N) is 3. The maximum Gasteiger partial charge on any atom is 0.296 e. The summed E-state index contributed by atoms with van der Waals surface area (Å²) in [6, 6.07) is 11.4. The minimum absolute atomic E-state index is 0.0710. The standard InChI is InChI=1S/C21H16FN3O3S/c1-11-3-5-13(6-4-11)17-16(18(26)14-7-9-15(22)10-8-14)19(27)20(28)25(17)21-24-23-12(2)29-21/h3-10,17,27H,1-2H3. The number of hydrogen-bond acceptors (Lipinski definition) is 6. The van der Waals surface area contributed by atoms with Gasteiger partial charge >= 0.3 is 0 Å². The van der Waals surface area contributed by atoms with Gasteiger partial charge in [0.2, 0.25) is 5.13 Å². The van der Waals surface area contributed by atoms with Gasteiger partial charge in [-0.15, -0.1) is 10.2 Å². The minimum atomic E-state index is -0.868. The number of ketones is 1. The lowest BCUT2D eigenvalue weighted by Gasteiger charge is -2.24. The number of benzene rings is 2. The van der Waals surface area contributed by atoms with Crippen LogP contribution in [0.25, 0.3) is 0 Å². The Morgan fingerprint density at radius 2 is 1.72 bits per heavy atom. The van der Waals surface area contributed by atoms with Gasteiger partial charge in [0.1, 0.15) is 10.8 Å². The number of aliphatic hydroxyl groups is 1. The van der Waals surface area contributed by atoms with Gasteiger partial charge in [-0.2, -0.15) is 0 Å². The van der Waals surface area contributed by atoms with Crippen molar-refractivity contribution in [3.05, 3.63) is 87.4 Å². The van der Waals surface area contributed by atoms with Crippen LogP contribution < -0.4 is 4.90 Å². The third kappa shape index (κ3) is 3.31. The molecule has 0 bridgehead atoms. The summed E-state index contributed by atoms with van der Waals surface area (Å²) < 4.78 is 13.3. The quantitative estimate of drug-likeness (QED) is 0.657. The average molecular weight is 409 g/mol. The molecule has 0 saturated heterocycles. The van der Waals surface area contributed by atoms with Crippen LogP contribution in [0.15, 0.2) is 59.9 Å². The summed E-state index contributed by atoms with van der Waals surface area (Å²) in [7, 11) is 0. The van der Waals surface area contributed by atoms with Crippen LogP contribution in [0.4, 0.5) is 9.52 Å². The van der Waals surface area contributed by atoms with Gasteiger partial charge in [0.05, 0.1) is 11.6 Å². The van der Waals surface area contributed by atoms with E-state index in [0.717, 1.165) is 17.7 Å². The van der Waals surface area contributed by atoms with E-state index < -0.39 is 29.3 Å². The third-order valence-corrected chi connectivity index (χ3v) is 5.51. The smallest absolute Gasteiger partial charge is 0.296 e. The Labute approximate surface area is 169 Å². The summed E-state index contributed by atoms with van der Waals surface area (Å²) in [5, 5.41) is 19.5. The molecule has 0 aliphatic carbocycles. The predicted molar refractivity (Wildman–Crippen MR) is 106 cm³/mol. The van der Waals surface area contributed by atoms with Crippen LogP contribution in [0, 0.1) is 19.7 Å². The molecule has 29 heavy (non-hydrogen) atoms. The topological polar surface area (TPSA) is 83.4 Å². The summed E-state index contributed by atoms with van der Waals surface area (Å²) in [6.07, 6.45) is 0. The maximum absolute atomic E-state index is 13.3. The lowest BCUT2D eigenvalue weighted by atomic mass is 9.92. The van der Waals surface area contributed by atoms with E-state index in [9.17, 15) is 19.1 Å². The van der Waals surface area contributed by atoms with E-state index in [1.54, 1.807) is 19.1 Å². The number of hydrogen-bond donors (Lipinski definition) is 1. The molecule has 0 saturated carbocycles. The van der Waals surface area contributed by atoms with Crippen LogP contribution in [0.5, 0.6) is 0 Å². The lowest BCUT2D eigenvalue weighted by molar-refractivity contribution is -0.117. The van der Waals surface area contributed by atoms with Crippen molar-refractivity contribution in [2.24, 2.45) is 0 Å². The highest BCUT2D eigenvalue weighted by atomic mass is 32.1. The van der Waals surface area contributed by atoms with E-state index in [2.05, 4.69) is 10.2 Å². The van der Waals surface area contributed by atoms with E-state index in [0.29, 0.717) is 10.6 Å². The Balaban J connectivity index is 1.86. The first-order valence-electron chi connectivity index (χ1n) is 8.80. The normalized spacial score (nSPS) is 16.6. The second kappa shape index (κ2) is 7.21. The third-order valence-electron chi connectivity index (χ3n) is 4.67. The molecule has 146 valence electrons. The van der Waals surface area contributed by atoms with Crippen molar-refractivity contribution in [3.63, 3.8) is 0 Å². The van der Waals surface area contributed by atoms with Crippen molar-refractivity contribution in [1.82, 2.24) is 10.2 Å². The van der Waals surface area contributed by atoms with E-state index in [-0.39, 0.29) is 16.3 Å². The maximum atomic E-state index is 13.3. The first-order chi connectivity index (χ1) is 13.9. The number of anilines is 1. The lowest BCUT2D eigenvalue weighted by Crippen LogP contribution is -2.31. The highest BCUT2D eigenvalue weighted by Crippen LogP contribution is 2.42. The summed E-state index contributed by atoms with van der Waals surface area (Å²) in [5.74, 6) is -2.40. The highest BCUT2D eigenvalue weighted by Gasteiger charge is 2.45. The molecule has 4 rings (SSSR count). The van der Waals surface area contributed by atoms with E-state index in [1.807, 2.05) is 19.1 Å². The summed E-state index contributed by atoms with van der Waals surface area (Å²) in [4.78, 5) is 27.4. The molecule has 2 heterocycles. The average Bonchev–Trinajstić information content (AvgIpc) is 3.24. The number of Topliss-reactive ketones (excluding diaryl/α,β-unsaturated/α-hetero) is 1. The molecule has 1 amide bonds. The number of aryl methyl sites for hydroxylation is 2. The number of carbonyl (C=O) groups is 2. The fourth-order valence-electron chi connectivity index (χ4n) is 3.24. The Hall–Kier alpha value is -3.39. The van der Waals surface area contributed by atoms with Gasteiger partial charge in [0.25, 0.3) is 5.91 Å². The van der Waals surface area contributed by atoms with Crippen LogP contribution in [0.1, 0.15) is 32.5 Å². The Morgan fingerprint density at radius 3 is 2.31 bits per heavy atom. The van der Waals surface area contributed by atoms with Gasteiger partial charge in [-0.3, -0.25) is 14.5 Å². The fraction of sp³-hybridized carbons (Fsp3) is 0.143. The number of amides is 1. The van der Waals surface area contributed by atoms with Gasteiger partial charge in [0, 0.05) is 5.56 Å². The van der Waals surface area contributed by atoms with Crippen molar-refractivity contribution in [2.45, 2.75) is 19.9 Å². The van der Waals surface area contributed by atoms with E-state index in [1.165, 1.54) is 28.4 Å². The molecule has 1 unspecified atom stereocenters. The number of rotatable bonds is 4. The van der Waals surface area contributed by atoms with Crippen molar-refractivity contribution in [2.75, 3.05) is 4.90 Å². The van der Waals surface area contributed by atoms with Gasteiger partial charge in [-0.25, -0.2) is 4.39 Å². The molecule has 3 aromatic rings. The molecular weight excluding hydrogens is 393 g/mol. The molecule has 0 radical (unpaired) electrons. The molecule has 2 aromatic carbocycles. The molecule has 6 nitrogen and oxygen atoms in total. The number of carbonyl (C=O) groups excluding carboxylic acids is 2. The molecular formula is C21H16FN3O3S. The highest BCUT2D eigenvalue weighted by molar-refractivity contribution is 7.15. The van der Waals surface area contributed by atoms with Crippen molar-refractivity contribution >= 4 is 28.2 Å². The van der Waals surface area contributed by atoms with Crippen LogP contribution in [0.3, 0.4) is 0 Å². The minimum Gasteiger partial charge on any atom is -0.503 e.